The van der Waals surface area contributed by atoms with Gasteiger partial charge >= 0.3 is 0 Å². The fraction of sp³-hybridized carbons (Fsp3) is 0.455. The van der Waals surface area contributed by atoms with Gasteiger partial charge in [-0.2, -0.15) is 11.8 Å². The lowest BCUT2D eigenvalue weighted by Gasteiger charge is -2.12. The number of nitrogens with one attached hydrogen (secondary N) is 1. The summed E-state index contributed by atoms with van der Waals surface area (Å²) in [7, 11) is 1.69. The molecule has 14 heavy (non-hydrogen) atoms. The fourth-order valence-electron chi connectivity index (χ4n) is 1.57. The van der Waals surface area contributed by atoms with Crippen molar-refractivity contribution in [1.29, 1.82) is 0 Å². The third kappa shape index (κ3) is 2.35. The van der Waals surface area contributed by atoms with E-state index in [-0.39, 0.29) is 0 Å². The van der Waals surface area contributed by atoms with Crippen molar-refractivity contribution in [3.63, 3.8) is 0 Å². The number of rotatable bonds is 3. The van der Waals surface area contributed by atoms with Crippen LogP contribution in [-0.2, 0) is 0 Å². The molecule has 0 bridgehead atoms. The van der Waals surface area contributed by atoms with Crippen LogP contribution in [-0.4, -0.2) is 24.7 Å². The minimum Gasteiger partial charge on any atom is -0.497 e. The molecule has 1 aliphatic heterocycles. The Hall–Kier alpha value is -0.830. The highest BCUT2D eigenvalue weighted by Crippen LogP contribution is 2.22. The van der Waals surface area contributed by atoms with Gasteiger partial charge < -0.3 is 10.1 Å². The first kappa shape index (κ1) is 9.71. The van der Waals surface area contributed by atoms with Gasteiger partial charge in [-0.3, -0.25) is 0 Å². The van der Waals surface area contributed by atoms with E-state index in [0.717, 1.165) is 5.75 Å². The van der Waals surface area contributed by atoms with Gasteiger partial charge in [0.25, 0.3) is 0 Å². The molecule has 1 atom stereocenters. The maximum Gasteiger partial charge on any atom is 0.119 e. The van der Waals surface area contributed by atoms with Crippen LogP contribution >= 0.6 is 11.8 Å². The molecule has 3 heteroatoms. The second kappa shape index (κ2) is 4.60. The summed E-state index contributed by atoms with van der Waals surface area (Å²) in [4.78, 5) is 0. The molecule has 1 aliphatic rings. The average molecular weight is 209 g/mol. The monoisotopic (exact) mass is 209 g/mol. The SMILES string of the molecule is COc1ccc(N[C@@H]2CCSC2)cc1. The maximum absolute atomic E-state index is 5.11. The van der Waals surface area contributed by atoms with Gasteiger partial charge in [0, 0.05) is 17.5 Å². The van der Waals surface area contributed by atoms with E-state index in [1.54, 1.807) is 7.11 Å². The van der Waals surface area contributed by atoms with Gasteiger partial charge in [-0.05, 0) is 36.4 Å². The van der Waals surface area contributed by atoms with E-state index in [9.17, 15) is 0 Å². The summed E-state index contributed by atoms with van der Waals surface area (Å²) in [5, 5.41) is 3.52. The Labute approximate surface area is 89.0 Å². The van der Waals surface area contributed by atoms with Crippen molar-refractivity contribution >= 4 is 17.4 Å². The number of methoxy groups -OCH3 is 1. The first-order valence-electron chi connectivity index (χ1n) is 4.87. The largest absolute Gasteiger partial charge is 0.497 e. The van der Waals surface area contributed by atoms with Gasteiger partial charge in [0.1, 0.15) is 5.75 Å². The predicted molar refractivity (Wildman–Crippen MR) is 62.3 cm³/mol. The summed E-state index contributed by atoms with van der Waals surface area (Å²) in [6, 6.07) is 8.77. The molecule has 2 nitrogen and oxygen atoms in total. The van der Waals surface area contributed by atoms with E-state index in [2.05, 4.69) is 17.4 Å². The molecule has 1 aromatic carbocycles. The molecule has 1 fully saturated rings. The molecule has 1 saturated heterocycles. The van der Waals surface area contributed by atoms with Crippen LogP contribution in [0.2, 0.25) is 0 Å². The molecule has 1 N–H and O–H groups in total. The second-order valence-electron chi connectivity index (χ2n) is 3.43. The molecule has 0 spiro atoms. The highest BCUT2D eigenvalue weighted by atomic mass is 32.2. The third-order valence-corrected chi connectivity index (χ3v) is 3.55. The quantitative estimate of drug-likeness (QED) is 0.827. The van der Waals surface area contributed by atoms with Crippen LogP contribution in [0, 0.1) is 0 Å². The highest BCUT2D eigenvalue weighted by Gasteiger charge is 2.14. The maximum atomic E-state index is 5.11. The first-order chi connectivity index (χ1) is 6.88. The summed E-state index contributed by atoms with van der Waals surface area (Å²) in [5.41, 5.74) is 1.19. The summed E-state index contributed by atoms with van der Waals surface area (Å²) in [6.45, 7) is 0. The molecule has 0 aromatic heterocycles. The standard InChI is InChI=1S/C11H15NOS/c1-13-11-4-2-9(3-5-11)12-10-6-7-14-8-10/h2-5,10,12H,6-8H2,1H3/t10-/m1/s1. The van der Waals surface area contributed by atoms with Gasteiger partial charge in [-0.1, -0.05) is 0 Å². The van der Waals surface area contributed by atoms with Crippen molar-refractivity contribution in [3.8, 4) is 5.75 Å². The molecule has 0 aliphatic carbocycles. The van der Waals surface area contributed by atoms with Crippen LogP contribution in [0.5, 0.6) is 5.75 Å². The summed E-state index contributed by atoms with van der Waals surface area (Å²) in [6.07, 6.45) is 1.27. The molecule has 0 radical (unpaired) electrons. The minimum atomic E-state index is 0.647. The van der Waals surface area contributed by atoms with E-state index >= 15 is 0 Å². The van der Waals surface area contributed by atoms with Crippen molar-refractivity contribution in [3.05, 3.63) is 24.3 Å². The van der Waals surface area contributed by atoms with Crippen molar-refractivity contribution in [2.75, 3.05) is 23.9 Å². The zero-order valence-corrected chi connectivity index (χ0v) is 9.14. The normalized spacial score (nSPS) is 20.8. The number of ether oxygens (including phenoxy) is 1. The van der Waals surface area contributed by atoms with E-state index in [0.29, 0.717) is 6.04 Å². The highest BCUT2D eigenvalue weighted by molar-refractivity contribution is 7.99. The molecule has 76 valence electrons. The molecular weight excluding hydrogens is 194 g/mol. The van der Waals surface area contributed by atoms with Gasteiger partial charge in [-0.15, -0.1) is 0 Å². The first-order valence-corrected chi connectivity index (χ1v) is 6.02. The van der Waals surface area contributed by atoms with Crippen LogP contribution in [0.1, 0.15) is 6.42 Å². The van der Waals surface area contributed by atoms with Crippen LogP contribution in [0.15, 0.2) is 24.3 Å². The Morgan fingerprint density at radius 3 is 2.71 bits per heavy atom. The van der Waals surface area contributed by atoms with Gasteiger partial charge in [0.2, 0.25) is 0 Å². The minimum absolute atomic E-state index is 0.647. The smallest absolute Gasteiger partial charge is 0.119 e. The Balaban J connectivity index is 1.95. The Bertz CT molecular complexity index is 280. The second-order valence-corrected chi connectivity index (χ2v) is 4.58. The van der Waals surface area contributed by atoms with E-state index < -0.39 is 0 Å². The predicted octanol–water partition coefficient (Wildman–Crippen LogP) is 2.61. The van der Waals surface area contributed by atoms with E-state index in [4.69, 9.17) is 4.74 Å². The molecule has 2 rings (SSSR count). The van der Waals surface area contributed by atoms with Crippen molar-refractivity contribution in [2.45, 2.75) is 12.5 Å². The zero-order chi connectivity index (χ0) is 9.80. The van der Waals surface area contributed by atoms with Crippen molar-refractivity contribution < 1.29 is 4.74 Å². The Kier molecular flexibility index (Phi) is 3.19. The van der Waals surface area contributed by atoms with Crippen molar-refractivity contribution in [1.82, 2.24) is 0 Å². The molecule has 1 aromatic rings. The summed E-state index contributed by atoms with van der Waals surface area (Å²) in [5.74, 6) is 3.43. The van der Waals surface area contributed by atoms with Gasteiger partial charge in [0.15, 0.2) is 0 Å². The van der Waals surface area contributed by atoms with Crippen LogP contribution < -0.4 is 10.1 Å². The Morgan fingerprint density at radius 2 is 2.14 bits per heavy atom. The number of anilines is 1. The molecular formula is C11H15NOS. The number of hydrogen-bond acceptors (Lipinski definition) is 3. The lowest BCUT2D eigenvalue weighted by molar-refractivity contribution is 0.415. The topological polar surface area (TPSA) is 21.3 Å². The van der Waals surface area contributed by atoms with Crippen LogP contribution in [0.3, 0.4) is 0 Å². The molecule has 0 saturated carbocycles. The van der Waals surface area contributed by atoms with Gasteiger partial charge in [-0.25, -0.2) is 0 Å². The third-order valence-electron chi connectivity index (χ3n) is 2.39. The van der Waals surface area contributed by atoms with E-state index in [1.807, 2.05) is 23.9 Å². The summed E-state index contributed by atoms with van der Waals surface area (Å²) >= 11 is 2.02. The average Bonchev–Trinajstić information content (AvgIpc) is 2.72. The lowest BCUT2D eigenvalue weighted by atomic mass is 10.2. The van der Waals surface area contributed by atoms with Crippen LogP contribution in [0.4, 0.5) is 5.69 Å². The molecule has 1 heterocycles. The van der Waals surface area contributed by atoms with Gasteiger partial charge in [0.05, 0.1) is 7.11 Å². The fourth-order valence-corrected chi connectivity index (χ4v) is 2.72. The van der Waals surface area contributed by atoms with E-state index in [1.165, 1.54) is 23.6 Å². The number of benzene rings is 1. The Morgan fingerprint density at radius 1 is 1.36 bits per heavy atom. The van der Waals surface area contributed by atoms with Crippen LogP contribution in [0.25, 0.3) is 0 Å². The lowest BCUT2D eigenvalue weighted by Crippen LogP contribution is -2.17. The number of hydrogen-bond donors (Lipinski definition) is 1. The molecule has 0 unspecified atom stereocenters. The number of thioether (sulfide) groups is 1. The zero-order valence-electron chi connectivity index (χ0n) is 8.32. The van der Waals surface area contributed by atoms with Crippen molar-refractivity contribution in [2.24, 2.45) is 0 Å². The summed E-state index contributed by atoms with van der Waals surface area (Å²) < 4.78 is 5.11. The molecule has 0 amide bonds.